The highest BCUT2D eigenvalue weighted by atomic mass is 35.5. The Bertz CT molecular complexity index is 631. The highest BCUT2D eigenvalue weighted by Gasteiger charge is 2.03. The predicted molar refractivity (Wildman–Crippen MR) is 76.3 cm³/mol. The molecular formula is C12H9ClN2S2. The van der Waals surface area contributed by atoms with Gasteiger partial charge in [-0.3, -0.25) is 0 Å². The van der Waals surface area contributed by atoms with E-state index >= 15 is 0 Å². The number of fused-ring (bicyclic) bond motifs is 1. The number of nitrogens with zero attached hydrogens (tertiary/aromatic N) is 1. The normalized spacial score (nSPS) is 10.9. The topological polar surface area (TPSA) is 24.9 Å². The molecule has 5 heteroatoms. The third-order valence-corrected chi connectivity index (χ3v) is 4.33. The molecule has 0 aliphatic rings. The van der Waals surface area contributed by atoms with Gasteiger partial charge in [0.15, 0.2) is 5.13 Å². The maximum Gasteiger partial charge on any atom is 0.184 e. The van der Waals surface area contributed by atoms with Crippen molar-refractivity contribution in [3.8, 4) is 0 Å². The first-order valence-electron chi connectivity index (χ1n) is 5.12. The summed E-state index contributed by atoms with van der Waals surface area (Å²) in [5.74, 6) is 0. The van der Waals surface area contributed by atoms with Gasteiger partial charge in [-0.25, -0.2) is 4.98 Å². The maximum absolute atomic E-state index is 5.93. The SMILES string of the molecule is Clc1ccc2sc(NCc3ccsc3)nc2c1. The van der Waals surface area contributed by atoms with E-state index in [1.165, 1.54) is 5.56 Å². The molecule has 2 nitrogen and oxygen atoms in total. The van der Waals surface area contributed by atoms with Crippen LogP contribution in [0.25, 0.3) is 10.2 Å². The molecule has 0 radical (unpaired) electrons. The van der Waals surface area contributed by atoms with Gasteiger partial charge < -0.3 is 5.32 Å². The average molecular weight is 281 g/mol. The van der Waals surface area contributed by atoms with E-state index in [0.29, 0.717) is 0 Å². The lowest BCUT2D eigenvalue weighted by Gasteiger charge is -1.98. The van der Waals surface area contributed by atoms with Gasteiger partial charge in [-0.15, -0.1) is 0 Å². The Kier molecular flexibility index (Phi) is 3.01. The summed E-state index contributed by atoms with van der Waals surface area (Å²) in [4.78, 5) is 4.50. The van der Waals surface area contributed by atoms with Gasteiger partial charge in [0, 0.05) is 11.6 Å². The molecule has 3 aromatic rings. The number of benzene rings is 1. The number of nitrogens with one attached hydrogen (secondary N) is 1. The molecule has 0 aliphatic carbocycles. The Balaban J connectivity index is 1.81. The van der Waals surface area contributed by atoms with Crippen LogP contribution in [0.4, 0.5) is 5.13 Å². The van der Waals surface area contributed by atoms with Crippen LogP contribution in [0.15, 0.2) is 35.0 Å². The smallest absolute Gasteiger partial charge is 0.184 e. The van der Waals surface area contributed by atoms with Crippen molar-refractivity contribution in [2.24, 2.45) is 0 Å². The van der Waals surface area contributed by atoms with Crippen molar-refractivity contribution in [3.05, 3.63) is 45.6 Å². The zero-order chi connectivity index (χ0) is 11.7. The second kappa shape index (κ2) is 4.64. The van der Waals surface area contributed by atoms with Gasteiger partial charge in [-0.05, 0) is 40.6 Å². The lowest BCUT2D eigenvalue weighted by Crippen LogP contribution is -1.96. The predicted octanol–water partition coefficient (Wildman–Crippen LogP) is 4.62. The highest BCUT2D eigenvalue weighted by Crippen LogP contribution is 2.28. The summed E-state index contributed by atoms with van der Waals surface area (Å²) in [6.07, 6.45) is 0. The van der Waals surface area contributed by atoms with Gasteiger partial charge in [0.2, 0.25) is 0 Å². The minimum atomic E-state index is 0.729. The maximum atomic E-state index is 5.93. The first-order chi connectivity index (χ1) is 8.31. The molecule has 3 rings (SSSR count). The molecule has 0 bridgehead atoms. The summed E-state index contributed by atoms with van der Waals surface area (Å²) in [5, 5.41) is 9.21. The number of hydrogen-bond donors (Lipinski definition) is 1. The van der Waals surface area contributed by atoms with Crippen molar-refractivity contribution in [3.63, 3.8) is 0 Å². The number of rotatable bonds is 3. The minimum Gasteiger partial charge on any atom is -0.357 e. The molecule has 0 saturated carbocycles. The highest BCUT2D eigenvalue weighted by molar-refractivity contribution is 7.22. The Morgan fingerprint density at radius 2 is 2.24 bits per heavy atom. The van der Waals surface area contributed by atoms with E-state index in [2.05, 4.69) is 27.1 Å². The average Bonchev–Trinajstić information content (AvgIpc) is 2.94. The van der Waals surface area contributed by atoms with Crippen LogP contribution in [-0.4, -0.2) is 4.98 Å². The van der Waals surface area contributed by atoms with Crippen LogP contribution in [0.5, 0.6) is 0 Å². The van der Waals surface area contributed by atoms with Crippen molar-refractivity contribution >= 4 is 49.6 Å². The number of halogens is 1. The lowest BCUT2D eigenvalue weighted by atomic mass is 10.3. The van der Waals surface area contributed by atoms with Gasteiger partial charge in [0.05, 0.1) is 10.2 Å². The van der Waals surface area contributed by atoms with E-state index in [9.17, 15) is 0 Å². The summed E-state index contributed by atoms with van der Waals surface area (Å²) < 4.78 is 1.15. The molecule has 0 fully saturated rings. The van der Waals surface area contributed by atoms with Crippen LogP contribution in [0, 0.1) is 0 Å². The van der Waals surface area contributed by atoms with E-state index in [1.54, 1.807) is 22.7 Å². The van der Waals surface area contributed by atoms with Crippen molar-refractivity contribution in [1.82, 2.24) is 4.98 Å². The van der Waals surface area contributed by atoms with Crippen molar-refractivity contribution in [2.75, 3.05) is 5.32 Å². The summed E-state index contributed by atoms with van der Waals surface area (Å²) >= 11 is 9.29. The van der Waals surface area contributed by atoms with Crippen LogP contribution in [-0.2, 0) is 6.54 Å². The van der Waals surface area contributed by atoms with Gasteiger partial charge in [-0.1, -0.05) is 22.9 Å². The first kappa shape index (κ1) is 11.0. The number of thiazole rings is 1. The molecule has 0 aliphatic heterocycles. The molecule has 86 valence electrons. The number of thiophene rings is 1. The van der Waals surface area contributed by atoms with E-state index in [1.807, 2.05) is 18.2 Å². The van der Waals surface area contributed by atoms with Crippen LogP contribution < -0.4 is 5.32 Å². The molecule has 0 amide bonds. The van der Waals surface area contributed by atoms with E-state index in [0.717, 1.165) is 26.9 Å². The summed E-state index contributed by atoms with van der Waals surface area (Å²) in [6, 6.07) is 7.90. The Morgan fingerprint density at radius 1 is 1.29 bits per heavy atom. The quantitative estimate of drug-likeness (QED) is 0.757. The summed E-state index contributed by atoms with van der Waals surface area (Å²) in [5.41, 5.74) is 2.24. The van der Waals surface area contributed by atoms with Crippen molar-refractivity contribution < 1.29 is 0 Å². The standard InChI is InChI=1S/C12H9ClN2S2/c13-9-1-2-11-10(5-9)15-12(17-11)14-6-8-3-4-16-7-8/h1-5,7H,6H2,(H,14,15). The van der Waals surface area contributed by atoms with Gasteiger partial charge in [0.1, 0.15) is 0 Å². The zero-order valence-electron chi connectivity index (χ0n) is 8.81. The third kappa shape index (κ3) is 2.44. The number of hydrogen-bond acceptors (Lipinski definition) is 4. The van der Waals surface area contributed by atoms with E-state index < -0.39 is 0 Å². The molecule has 2 aromatic heterocycles. The second-order valence-corrected chi connectivity index (χ2v) is 5.86. The summed E-state index contributed by atoms with van der Waals surface area (Å²) in [6.45, 7) is 0.817. The summed E-state index contributed by atoms with van der Waals surface area (Å²) in [7, 11) is 0. The fourth-order valence-corrected chi connectivity index (χ4v) is 3.22. The van der Waals surface area contributed by atoms with Crippen molar-refractivity contribution in [1.29, 1.82) is 0 Å². The lowest BCUT2D eigenvalue weighted by molar-refractivity contribution is 1.15. The Hall–Kier alpha value is -1.10. The Morgan fingerprint density at radius 3 is 3.06 bits per heavy atom. The minimum absolute atomic E-state index is 0.729. The van der Waals surface area contributed by atoms with Crippen LogP contribution >= 0.6 is 34.3 Å². The van der Waals surface area contributed by atoms with Gasteiger partial charge in [0.25, 0.3) is 0 Å². The number of aromatic nitrogens is 1. The third-order valence-electron chi connectivity index (χ3n) is 2.37. The monoisotopic (exact) mass is 280 g/mol. The molecule has 0 saturated heterocycles. The molecule has 2 heterocycles. The molecular weight excluding hydrogens is 272 g/mol. The molecule has 0 atom stereocenters. The molecule has 17 heavy (non-hydrogen) atoms. The zero-order valence-corrected chi connectivity index (χ0v) is 11.2. The molecule has 0 unspecified atom stereocenters. The van der Waals surface area contributed by atoms with E-state index in [-0.39, 0.29) is 0 Å². The molecule has 0 spiro atoms. The first-order valence-corrected chi connectivity index (χ1v) is 7.26. The van der Waals surface area contributed by atoms with Crippen LogP contribution in [0.3, 0.4) is 0 Å². The van der Waals surface area contributed by atoms with Gasteiger partial charge in [-0.2, -0.15) is 11.3 Å². The number of anilines is 1. The van der Waals surface area contributed by atoms with Crippen LogP contribution in [0.1, 0.15) is 5.56 Å². The fourth-order valence-electron chi connectivity index (χ4n) is 1.55. The van der Waals surface area contributed by atoms with E-state index in [4.69, 9.17) is 11.6 Å². The molecule has 1 N–H and O–H groups in total. The second-order valence-electron chi connectivity index (χ2n) is 3.62. The van der Waals surface area contributed by atoms with Crippen LogP contribution in [0.2, 0.25) is 5.02 Å². The van der Waals surface area contributed by atoms with Crippen molar-refractivity contribution in [2.45, 2.75) is 6.54 Å². The molecule has 1 aromatic carbocycles. The largest absolute Gasteiger partial charge is 0.357 e. The van der Waals surface area contributed by atoms with Gasteiger partial charge >= 0.3 is 0 Å². The Labute approximate surface area is 112 Å². The fraction of sp³-hybridized carbons (Fsp3) is 0.0833.